The van der Waals surface area contributed by atoms with Gasteiger partial charge in [-0.3, -0.25) is 4.79 Å². The minimum atomic E-state index is -0.116. The summed E-state index contributed by atoms with van der Waals surface area (Å²) in [6.45, 7) is 4.79. The lowest BCUT2D eigenvalue weighted by atomic mass is 10.2. The Balaban J connectivity index is 1.47. The van der Waals surface area contributed by atoms with E-state index in [2.05, 4.69) is 15.3 Å². The van der Waals surface area contributed by atoms with Crippen molar-refractivity contribution in [2.45, 2.75) is 19.0 Å². The number of para-hydroxylation sites is 2. The van der Waals surface area contributed by atoms with Crippen LogP contribution in [-0.2, 0) is 4.79 Å². The van der Waals surface area contributed by atoms with Gasteiger partial charge in [-0.1, -0.05) is 23.9 Å². The fourth-order valence-electron chi connectivity index (χ4n) is 2.60. The Hall–Kier alpha value is -2.52. The van der Waals surface area contributed by atoms with Crippen LogP contribution in [0.4, 0.5) is 5.82 Å². The summed E-state index contributed by atoms with van der Waals surface area (Å²) >= 11 is 2.85. The van der Waals surface area contributed by atoms with Crippen LogP contribution in [0.3, 0.4) is 0 Å². The monoisotopic (exact) mass is 418 g/mol. The molecule has 0 unspecified atom stereocenters. The number of anilines is 1. The zero-order valence-corrected chi connectivity index (χ0v) is 17.6. The molecule has 0 aliphatic carbocycles. The number of nitrogens with one attached hydrogen (secondary N) is 1. The first-order valence-corrected chi connectivity index (χ1v) is 10.5. The van der Waals surface area contributed by atoms with Crippen molar-refractivity contribution in [2.75, 3.05) is 31.7 Å². The predicted octanol–water partition coefficient (Wildman–Crippen LogP) is 3.19. The normalized spacial score (nSPS) is 10.8. The molecule has 0 aliphatic heterocycles. The molecular formula is C19H22N4O3S2. The number of hydrogen-bond donors (Lipinski definition) is 2. The van der Waals surface area contributed by atoms with Gasteiger partial charge in [-0.2, -0.15) is 0 Å². The highest BCUT2D eigenvalue weighted by molar-refractivity contribution is 7.99. The lowest BCUT2D eigenvalue weighted by Gasteiger charge is -2.10. The van der Waals surface area contributed by atoms with E-state index in [1.54, 1.807) is 18.4 Å². The van der Waals surface area contributed by atoms with Crippen molar-refractivity contribution in [1.29, 1.82) is 0 Å². The van der Waals surface area contributed by atoms with Crippen molar-refractivity contribution >= 4 is 45.0 Å². The summed E-state index contributed by atoms with van der Waals surface area (Å²) in [5.74, 6) is 1.86. The molecule has 0 radical (unpaired) electrons. The van der Waals surface area contributed by atoms with Crippen LogP contribution < -0.4 is 20.5 Å². The van der Waals surface area contributed by atoms with Gasteiger partial charge in [0, 0.05) is 4.88 Å². The van der Waals surface area contributed by atoms with Gasteiger partial charge < -0.3 is 20.5 Å². The number of benzene rings is 1. The second-order valence-electron chi connectivity index (χ2n) is 5.99. The molecule has 28 heavy (non-hydrogen) atoms. The van der Waals surface area contributed by atoms with E-state index >= 15 is 0 Å². The van der Waals surface area contributed by atoms with Crippen molar-refractivity contribution < 1.29 is 14.3 Å². The standard InChI is InChI=1S/C19H22N4O3S2/c1-11-12(2)28-18-16(11)17(20)22-19(23-18)27-10-15(24)21-8-9-26-14-7-5-4-6-13(14)25-3/h4-7H,8-10H2,1-3H3,(H,21,24)(H2,20,22,23). The summed E-state index contributed by atoms with van der Waals surface area (Å²) in [6, 6.07) is 7.38. The van der Waals surface area contributed by atoms with Crippen LogP contribution >= 0.6 is 23.1 Å². The zero-order valence-electron chi connectivity index (χ0n) is 15.9. The van der Waals surface area contributed by atoms with Crippen LogP contribution in [0, 0.1) is 13.8 Å². The summed E-state index contributed by atoms with van der Waals surface area (Å²) in [4.78, 5) is 22.9. The Labute approximate surface area is 171 Å². The summed E-state index contributed by atoms with van der Waals surface area (Å²) in [5, 5.41) is 4.23. The highest BCUT2D eigenvalue weighted by Gasteiger charge is 2.14. The van der Waals surface area contributed by atoms with E-state index in [1.165, 1.54) is 16.6 Å². The molecule has 1 amide bonds. The smallest absolute Gasteiger partial charge is 0.230 e. The molecular weight excluding hydrogens is 396 g/mol. The van der Waals surface area contributed by atoms with E-state index in [9.17, 15) is 4.79 Å². The number of nitrogens with zero attached hydrogens (tertiary/aromatic N) is 2. The van der Waals surface area contributed by atoms with E-state index in [4.69, 9.17) is 15.2 Å². The van der Waals surface area contributed by atoms with Crippen LogP contribution in [-0.4, -0.2) is 41.9 Å². The maximum Gasteiger partial charge on any atom is 0.230 e. The molecule has 3 aromatic rings. The van der Waals surface area contributed by atoms with Gasteiger partial charge in [0.1, 0.15) is 17.3 Å². The van der Waals surface area contributed by atoms with Crippen LogP contribution in [0.5, 0.6) is 11.5 Å². The number of hydrogen-bond acceptors (Lipinski definition) is 8. The topological polar surface area (TPSA) is 99.4 Å². The number of rotatable bonds is 8. The Bertz CT molecular complexity index is 991. The quantitative estimate of drug-likeness (QED) is 0.329. The van der Waals surface area contributed by atoms with Crippen LogP contribution in [0.1, 0.15) is 10.4 Å². The number of nitrogen functional groups attached to an aromatic ring is 1. The molecule has 0 aliphatic rings. The van der Waals surface area contributed by atoms with Crippen molar-refractivity contribution in [2.24, 2.45) is 0 Å². The fraction of sp³-hybridized carbons (Fsp3) is 0.316. The van der Waals surface area contributed by atoms with Gasteiger partial charge >= 0.3 is 0 Å². The van der Waals surface area contributed by atoms with Gasteiger partial charge in [0.15, 0.2) is 16.7 Å². The van der Waals surface area contributed by atoms with Gasteiger partial charge in [0.05, 0.1) is 24.8 Å². The fourth-order valence-corrected chi connectivity index (χ4v) is 4.37. The molecule has 0 spiro atoms. The third-order valence-electron chi connectivity index (χ3n) is 4.12. The number of aryl methyl sites for hydroxylation is 2. The molecule has 3 rings (SSSR count). The summed E-state index contributed by atoms with van der Waals surface area (Å²) in [7, 11) is 1.59. The number of amides is 1. The maximum absolute atomic E-state index is 12.1. The van der Waals surface area contributed by atoms with Gasteiger partial charge in [0.2, 0.25) is 5.91 Å². The predicted molar refractivity (Wildman–Crippen MR) is 114 cm³/mol. The van der Waals surface area contributed by atoms with Crippen molar-refractivity contribution in [3.05, 3.63) is 34.7 Å². The van der Waals surface area contributed by atoms with E-state index in [0.717, 1.165) is 15.8 Å². The number of thiophene rings is 1. The first kappa shape index (κ1) is 20.2. The number of aromatic nitrogens is 2. The van der Waals surface area contributed by atoms with E-state index in [-0.39, 0.29) is 11.7 Å². The molecule has 0 saturated heterocycles. The highest BCUT2D eigenvalue weighted by Crippen LogP contribution is 2.33. The summed E-state index contributed by atoms with van der Waals surface area (Å²) < 4.78 is 10.9. The maximum atomic E-state index is 12.1. The molecule has 0 saturated carbocycles. The molecule has 2 heterocycles. The molecule has 0 fully saturated rings. The van der Waals surface area contributed by atoms with Crippen molar-refractivity contribution in [3.8, 4) is 11.5 Å². The minimum Gasteiger partial charge on any atom is -0.493 e. The average molecular weight is 419 g/mol. The van der Waals surface area contributed by atoms with Crippen LogP contribution in [0.2, 0.25) is 0 Å². The number of fused-ring (bicyclic) bond motifs is 1. The third-order valence-corrected chi connectivity index (χ3v) is 6.07. The molecule has 9 heteroatoms. The van der Waals surface area contributed by atoms with E-state index < -0.39 is 0 Å². The zero-order chi connectivity index (χ0) is 20.1. The summed E-state index contributed by atoms with van der Waals surface area (Å²) in [5.41, 5.74) is 7.18. The number of nitrogens with two attached hydrogens (primary N) is 1. The largest absolute Gasteiger partial charge is 0.493 e. The molecule has 148 valence electrons. The lowest BCUT2D eigenvalue weighted by Crippen LogP contribution is -2.29. The van der Waals surface area contributed by atoms with Crippen molar-refractivity contribution in [1.82, 2.24) is 15.3 Å². The van der Waals surface area contributed by atoms with E-state index in [0.29, 0.717) is 35.6 Å². The Morgan fingerprint density at radius 1 is 1.25 bits per heavy atom. The molecule has 3 N–H and O–H groups in total. The SMILES string of the molecule is COc1ccccc1OCCNC(=O)CSc1nc(N)c2c(C)c(C)sc2n1. The third kappa shape index (κ3) is 4.66. The molecule has 1 aromatic carbocycles. The second kappa shape index (κ2) is 9.11. The Morgan fingerprint density at radius 2 is 2.00 bits per heavy atom. The highest BCUT2D eigenvalue weighted by atomic mass is 32.2. The Kier molecular flexibility index (Phi) is 6.58. The number of methoxy groups -OCH3 is 1. The van der Waals surface area contributed by atoms with Gasteiger partial charge in [-0.05, 0) is 31.5 Å². The molecule has 0 atom stereocenters. The van der Waals surface area contributed by atoms with Gasteiger partial charge in [-0.15, -0.1) is 11.3 Å². The van der Waals surface area contributed by atoms with E-state index in [1.807, 2.05) is 38.1 Å². The lowest BCUT2D eigenvalue weighted by molar-refractivity contribution is -0.118. The van der Waals surface area contributed by atoms with Gasteiger partial charge in [0.25, 0.3) is 0 Å². The second-order valence-corrected chi connectivity index (χ2v) is 8.14. The molecule has 7 nitrogen and oxygen atoms in total. The first-order chi connectivity index (χ1) is 13.5. The number of carbonyl (C=O) groups is 1. The molecule has 0 bridgehead atoms. The first-order valence-electron chi connectivity index (χ1n) is 8.68. The Morgan fingerprint density at radius 3 is 2.75 bits per heavy atom. The number of ether oxygens (including phenoxy) is 2. The van der Waals surface area contributed by atoms with Gasteiger partial charge in [-0.25, -0.2) is 9.97 Å². The van der Waals surface area contributed by atoms with Crippen LogP contribution in [0.25, 0.3) is 10.2 Å². The van der Waals surface area contributed by atoms with Crippen molar-refractivity contribution in [3.63, 3.8) is 0 Å². The van der Waals surface area contributed by atoms with Crippen LogP contribution in [0.15, 0.2) is 29.4 Å². The number of carbonyl (C=O) groups excluding carboxylic acids is 1. The number of thioether (sulfide) groups is 1. The molecule has 2 aromatic heterocycles. The minimum absolute atomic E-state index is 0.116. The average Bonchev–Trinajstić information content (AvgIpc) is 2.98. The summed E-state index contributed by atoms with van der Waals surface area (Å²) in [6.07, 6.45) is 0.